The first-order valence-electron chi connectivity index (χ1n) is 6.98. The van der Waals surface area contributed by atoms with E-state index in [2.05, 4.69) is 12.1 Å². The lowest BCUT2D eigenvalue weighted by molar-refractivity contribution is -0.124. The number of carbonyl (C=O) groups excluding carboxylic acids is 1. The van der Waals surface area contributed by atoms with Crippen molar-refractivity contribution in [2.24, 2.45) is 5.92 Å². The van der Waals surface area contributed by atoms with Crippen LogP contribution in [-0.2, 0) is 17.6 Å². The number of benzene rings is 1. The third kappa shape index (κ3) is 3.12. The molecule has 2 rings (SSSR count). The molecule has 1 aliphatic rings. The van der Waals surface area contributed by atoms with Crippen molar-refractivity contribution in [3.05, 3.63) is 29.3 Å². The molecule has 0 aromatic heterocycles. The van der Waals surface area contributed by atoms with Gasteiger partial charge in [-0.3, -0.25) is 4.79 Å². The van der Waals surface area contributed by atoms with Crippen molar-refractivity contribution in [2.75, 3.05) is 6.61 Å². The average Bonchev–Trinajstić information content (AvgIpc) is 2.43. The Morgan fingerprint density at radius 1 is 1.28 bits per heavy atom. The number of ether oxygens (including phenoxy) is 1. The van der Waals surface area contributed by atoms with E-state index < -0.39 is 0 Å². The van der Waals surface area contributed by atoms with Crippen LogP contribution in [0.15, 0.2) is 18.2 Å². The Morgan fingerprint density at radius 3 is 2.72 bits per heavy atom. The minimum atomic E-state index is 0.0997. The first kappa shape index (κ1) is 13.1. The van der Waals surface area contributed by atoms with Gasteiger partial charge in [-0.15, -0.1) is 0 Å². The topological polar surface area (TPSA) is 26.3 Å². The Morgan fingerprint density at radius 2 is 2.00 bits per heavy atom. The van der Waals surface area contributed by atoms with E-state index in [4.69, 9.17) is 4.74 Å². The molecule has 0 bridgehead atoms. The van der Waals surface area contributed by atoms with E-state index >= 15 is 0 Å². The molecule has 0 spiro atoms. The molecule has 0 N–H and O–H groups in total. The molecule has 2 heteroatoms. The largest absolute Gasteiger partial charge is 0.486 e. The predicted molar refractivity (Wildman–Crippen MR) is 73.0 cm³/mol. The zero-order valence-electron chi connectivity index (χ0n) is 11.4. The van der Waals surface area contributed by atoms with Crippen molar-refractivity contribution in [3.8, 4) is 5.75 Å². The first-order chi connectivity index (χ1) is 8.70. The second-order valence-corrected chi connectivity index (χ2v) is 5.20. The van der Waals surface area contributed by atoms with Gasteiger partial charge in [-0.2, -0.15) is 0 Å². The Kier molecular flexibility index (Phi) is 4.40. The summed E-state index contributed by atoms with van der Waals surface area (Å²) in [4.78, 5) is 11.7. The van der Waals surface area contributed by atoms with Crippen LogP contribution in [0, 0.1) is 5.92 Å². The molecule has 0 radical (unpaired) electrons. The van der Waals surface area contributed by atoms with Crippen LogP contribution in [0.3, 0.4) is 0 Å². The van der Waals surface area contributed by atoms with Crippen LogP contribution in [0.5, 0.6) is 5.75 Å². The summed E-state index contributed by atoms with van der Waals surface area (Å²) in [7, 11) is 0. The summed E-state index contributed by atoms with van der Waals surface area (Å²) in [6, 6.07) is 6.25. The fourth-order valence-corrected chi connectivity index (χ4v) is 2.32. The monoisotopic (exact) mass is 246 g/mol. The highest BCUT2D eigenvalue weighted by Gasteiger charge is 2.13. The third-order valence-electron chi connectivity index (χ3n) is 3.86. The van der Waals surface area contributed by atoms with Gasteiger partial charge >= 0.3 is 0 Å². The van der Waals surface area contributed by atoms with Gasteiger partial charge in [0, 0.05) is 5.92 Å². The lowest BCUT2D eigenvalue weighted by Gasteiger charge is -2.17. The van der Waals surface area contributed by atoms with Crippen molar-refractivity contribution < 1.29 is 9.53 Å². The maximum absolute atomic E-state index is 11.7. The maximum atomic E-state index is 11.7. The van der Waals surface area contributed by atoms with Gasteiger partial charge in [0.1, 0.15) is 12.4 Å². The van der Waals surface area contributed by atoms with Crippen LogP contribution in [0.25, 0.3) is 0 Å². The smallest absolute Gasteiger partial charge is 0.172 e. The number of hydrogen-bond acceptors (Lipinski definition) is 2. The van der Waals surface area contributed by atoms with Crippen molar-refractivity contribution in [1.82, 2.24) is 0 Å². The van der Waals surface area contributed by atoms with Crippen LogP contribution in [-0.4, -0.2) is 12.4 Å². The van der Waals surface area contributed by atoms with E-state index in [1.165, 1.54) is 30.4 Å². The third-order valence-corrected chi connectivity index (χ3v) is 3.86. The molecule has 0 amide bonds. The van der Waals surface area contributed by atoms with Gasteiger partial charge in [0.25, 0.3) is 0 Å². The second-order valence-electron chi connectivity index (χ2n) is 5.20. The van der Waals surface area contributed by atoms with Crippen molar-refractivity contribution in [3.63, 3.8) is 0 Å². The molecule has 0 saturated heterocycles. The molecule has 2 nitrogen and oxygen atoms in total. The molecular weight excluding hydrogens is 224 g/mol. The fraction of sp³-hybridized carbons (Fsp3) is 0.562. The number of rotatable bonds is 5. The standard InChI is InChI=1S/C16H22O2/c1-3-12(2)16(17)11-18-15-9-8-13-6-4-5-7-14(13)10-15/h8-10,12H,3-7,11H2,1-2H3. The highest BCUT2D eigenvalue weighted by atomic mass is 16.5. The van der Waals surface area contributed by atoms with Gasteiger partial charge in [-0.1, -0.05) is 19.9 Å². The minimum Gasteiger partial charge on any atom is -0.486 e. The Balaban J connectivity index is 1.96. The minimum absolute atomic E-state index is 0.0997. The van der Waals surface area contributed by atoms with Crippen LogP contribution < -0.4 is 4.74 Å². The highest BCUT2D eigenvalue weighted by Crippen LogP contribution is 2.25. The van der Waals surface area contributed by atoms with Crippen molar-refractivity contribution in [1.29, 1.82) is 0 Å². The maximum Gasteiger partial charge on any atom is 0.172 e. The van der Waals surface area contributed by atoms with E-state index in [0.29, 0.717) is 0 Å². The van der Waals surface area contributed by atoms with Crippen LogP contribution in [0.2, 0.25) is 0 Å². The van der Waals surface area contributed by atoms with Crippen LogP contribution >= 0.6 is 0 Å². The molecule has 0 saturated carbocycles. The zero-order valence-corrected chi connectivity index (χ0v) is 11.4. The number of Topliss-reactive ketones (excluding diaryl/α,β-unsaturated/α-hetero) is 1. The van der Waals surface area contributed by atoms with Crippen LogP contribution in [0.1, 0.15) is 44.2 Å². The molecule has 1 aliphatic carbocycles. The predicted octanol–water partition coefficient (Wildman–Crippen LogP) is 3.56. The summed E-state index contributed by atoms with van der Waals surface area (Å²) in [5.74, 6) is 1.13. The Hall–Kier alpha value is -1.31. The SMILES string of the molecule is CCC(C)C(=O)COc1ccc2c(c1)CCCC2. The number of fused-ring (bicyclic) bond motifs is 1. The molecule has 0 aliphatic heterocycles. The van der Waals surface area contributed by atoms with Crippen LogP contribution in [0.4, 0.5) is 0 Å². The Bertz CT molecular complexity index is 423. The molecule has 1 unspecified atom stereocenters. The van der Waals surface area contributed by atoms with E-state index in [1.807, 2.05) is 19.9 Å². The number of hydrogen-bond donors (Lipinski definition) is 0. The molecule has 0 fully saturated rings. The summed E-state index contributed by atoms with van der Waals surface area (Å²) < 4.78 is 5.61. The number of ketones is 1. The average molecular weight is 246 g/mol. The molecule has 0 heterocycles. The summed E-state index contributed by atoms with van der Waals surface area (Å²) in [5, 5.41) is 0. The lowest BCUT2D eigenvalue weighted by atomic mass is 9.92. The molecule has 98 valence electrons. The van der Waals surface area contributed by atoms with E-state index in [-0.39, 0.29) is 18.3 Å². The second kappa shape index (κ2) is 6.03. The van der Waals surface area contributed by atoms with Gasteiger partial charge < -0.3 is 4.74 Å². The number of aryl methyl sites for hydroxylation is 2. The first-order valence-corrected chi connectivity index (χ1v) is 6.98. The van der Waals surface area contributed by atoms with Gasteiger partial charge in [0.05, 0.1) is 0 Å². The quantitative estimate of drug-likeness (QED) is 0.794. The zero-order chi connectivity index (χ0) is 13.0. The van der Waals surface area contributed by atoms with Gasteiger partial charge in [-0.25, -0.2) is 0 Å². The van der Waals surface area contributed by atoms with E-state index in [1.54, 1.807) is 0 Å². The van der Waals surface area contributed by atoms with Gasteiger partial charge in [0.15, 0.2) is 5.78 Å². The molecular formula is C16H22O2. The van der Waals surface area contributed by atoms with Crippen molar-refractivity contribution >= 4 is 5.78 Å². The summed E-state index contributed by atoms with van der Waals surface area (Å²) in [6.45, 7) is 4.19. The summed E-state index contributed by atoms with van der Waals surface area (Å²) in [5.41, 5.74) is 2.84. The van der Waals surface area contributed by atoms with E-state index in [0.717, 1.165) is 18.6 Å². The Labute approximate surface area is 109 Å². The molecule has 1 atom stereocenters. The summed E-state index contributed by atoms with van der Waals surface area (Å²) in [6.07, 6.45) is 5.77. The van der Waals surface area contributed by atoms with Crippen molar-refractivity contribution in [2.45, 2.75) is 46.0 Å². The van der Waals surface area contributed by atoms with Gasteiger partial charge in [0.2, 0.25) is 0 Å². The van der Waals surface area contributed by atoms with E-state index in [9.17, 15) is 4.79 Å². The normalized spacial score (nSPS) is 15.9. The number of carbonyl (C=O) groups is 1. The lowest BCUT2D eigenvalue weighted by Crippen LogP contribution is -2.18. The molecule has 1 aromatic rings. The fourth-order valence-electron chi connectivity index (χ4n) is 2.32. The molecule has 18 heavy (non-hydrogen) atoms. The van der Waals surface area contributed by atoms with Gasteiger partial charge in [-0.05, 0) is 55.4 Å². The molecule has 1 aromatic carbocycles. The summed E-state index contributed by atoms with van der Waals surface area (Å²) >= 11 is 0. The highest BCUT2D eigenvalue weighted by molar-refractivity contribution is 5.82.